The molecule has 0 unspecified atom stereocenters. The van der Waals surface area contributed by atoms with Crippen molar-refractivity contribution in [1.29, 1.82) is 0 Å². The van der Waals surface area contributed by atoms with E-state index in [9.17, 15) is 9.59 Å². The lowest BCUT2D eigenvalue weighted by atomic mass is 10.0. The predicted molar refractivity (Wildman–Crippen MR) is 129 cm³/mol. The molecule has 0 aliphatic carbocycles. The molecule has 4 rings (SSSR count). The highest BCUT2D eigenvalue weighted by molar-refractivity contribution is 5.90. The minimum absolute atomic E-state index is 0.00909. The summed E-state index contributed by atoms with van der Waals surface area (Å²) in [5.41, 5.74) is 2.71. The Hall–Kier alpha value is -3.23. The Kier molecular flexibility index (Phi) is 7.59. The van der Waals surface area contributed by atoms with Crippen LogP contribution in [0, 0.1) is 0 Å². The SMILES string of the molecule is CCOC(CNC(=O)C[C@@H]1C(=O)N(Cc2ccccc2)[C@H](C)c2nc3ccccc3n21)OCC. The summed E-state index contributed by atoms with van der Waals surface area (Å²) in [7, 11) is 0. The average Bonchev–Trinajstić information content (AvgIpc) is 3.24. The fourth-order valence-corrected chi connectivity index (χ4v) is 4.47. The molecule has 1 aliphatic rings. The zero-order chi connectivity index (χ0) is 24.1. The molecular formula is C26H32N4O4. The molecule has 2 atom stereocenters. The number of imidazole rings is 1. The maximum absolute atomic E-state index is 13.8. The van der Waals surface area contributed by atoms with Crippen LogP contribution in [0.4, 0.5) is 0 Å². The molecule has 1 aromatic heterocycles. The van der Waals surface area contributed by atoms with Crippen LogP contribution in [0.15, 0.2) is 54.6 Å². The third kappa shape index (κ3) is 4.98. The molecule has 8 heteroatoms. The second kappa shape index (κ2) is 10.8. The number of nitrogens with one attached hydrogen (secondary N) is 1. The van der Waals surface area contributed by atoms with Crippen molar-refractivity contribution >= 4 is 22.8 Å². The smallest absolute Gasteiger partial charge is 0.247 e. The van der Waals surface area contributed by atoms with Crippen LogP contribution in [0.2, 0.25) is 0 Å². The second-order valence-corrected chi connectivity index (χ2v) is 8.32. The third-order valence-corrected chi connectivity index (χ3v) is 6.09. The molecule has 0 saturated carbocycles. The molecule has 2 heterocycles. The number of amides is 2. The van der Waals surface area contributed by atoms with Crippen molar-refractivity contribution in [1.82, 2.24) is 19.8 Å². The van der Waals surface area contributed by atoms with Gasteiger partial charge in [-0.25, -0.2) is 4.98 Å². The van der Waals surface area contributed by atoms with Crippen LogP contribution in [0.3, 0.4) is 0 Å². The van der Waals surface area contributed by atoms with Crippen molar-refractivity contribution in [2.24, 2.45) is 0 Å². The van der Waals surface area contributed by atoms with Crippen LogP contribution >= 0.6 is 0 Å². The summed E-state index contributed by atoms with van der Waals surface area (Å²) in [4.78, 5) is 33.4. The summed E-state index contributed by atoms with van der Waals surface area (Å²) in [6, 6.07) is 16.7. The Labute approximate surface area is 199 Å². The van der Waals surface area contributed by atoms with Crippen LogP contribution in [-0.4, -0.2) is 52.3 Å². The first kappa shape index (κ1) is 23.9. The topological polar surface area (TPSA) is 85.7 Å². The molecule has 0 bridgehead atoms. The molecular weight excluding hydrogens is 432 g/mol. The zero-order valence-corrected chi connectivity index (χ0v) is 19.9. The molecule has 3 aromatic rings. The van der Waals surface area contributed by atoms with E-state index in [0.717, 1.165) is 22.4 Å². The fourth-order valence-electron chi connectivity index (χ4n) is 4.47. The highest BCUT2D eigenvalue weighted by Crippen LogP contribution is 2.37. The quantitative estimate of drug-likeness (QED) is 0.464. The van der Waals surface area contributed by atoms with Crippen LogP contribution in [-0.2, 0) is 25.6 Å². The first-order valence-electron chi connectivity index (χ1n) is 11.8. The number of hydrogen-bond donors (Lipinski definition) is 1. The summed E-state index contributed by atoms with van der Waals surface area (Å²) in [5, 5.41) is 2.87. The van der Waals surface area contributed by atoms with E-state index >= 15 is 0 Å². The predicted octanol–water partition coefficient (Wildman–Crippen LogP) is 3.59. The number of ether oxygens (including phenoxy) is 2. The van der Waals surface area contributed by atoms with Crippen molar-refractivity contribution in [3.8, 4) is 0 Å². The lowest BCUT2D eigenvalue weighted by Crippen LogP contribution is -2.46. The Morgan fingerprint density at radius 3 is 2.44 bits per heavy atom. The largest absolute Gasteiger partial charge is 0.351 e. The van der Waals surface area contributed by atoms with E-state index < -0.39 is 12.3 Å². The lowest BCUT2D eigenvalue weighted by molar-refractivity contribution is -0.145. The molecule has 0 fully saturated rings. The molecule has 2 amide bonds. The van der Waals surface area contributed by atoms with E-state index in [-0.39, 0.29) is 30.8 Å². The summed E-state index contributed by atoms with van der Waals surface area (Å²) in [5.74, 6) is 0.463. The Balaban J connectivity index is 1.61. The summed E-state index contributed by atoms with van der Waals surface area (Å²) >= 11 is 0. The number of benzene rings is 2. The van der Waals surface area contributed by atoms with Crippen LogP contribution < -0.4 is 5.32 Å². The van der Waals surface area contributed by atoms with E-state index in [1.807, 2.05) is 84.8 Å². The van der Waals surface area contributed by atoms with Gasteiger partial charge in [-0.1, -0.05) is 42.5 Å². The Bertz CT molecular complexity index is 1120. The number of aromatic nitrogens is 2. The number of nitrogens with zero attached hydrogens (tertiary/aromatic N) is 3. The minimum Gasteiger partial charge on any atom is -0.351 e. The van der Waals surface area contributed by atoms with Crippen LogP contribution in [0.5, 0.6) is 0 Å². The number of carbonyl (C=O) groups excluding carboxylic acids is 2. The van der Waals surface area contributed by atoms with E-state index in [1.165, 1.54) is 0 Å². The van der Waals surface area contributed by atoms with E-state index in [4.69, 9.17) is 14.5 Å². The molecule has 180 valence electrons. The average molecular weight is 465 g/mol. The third-order valence-electron chi connectivity index (χ3n) is 6.09. The van der Waals surface area contributed by atoms with Gasteiger partial charge in [0.25, 0.3) is 0 Å². The number of fused-ring (bicyclic) bond motifs is 3. The van der Waals surface area contributed by atoms with Gasteiger partial charge < -0.3 is 24.3 Å². The van der Waals surface area contributed by atoms with Gasteiger partial charge in [-0.3, -0.25) is 9.59 Å². The molecule has 34 heavy (non-hydrogen) atoms. The lowest BCUT2D eigenvalue weighted by Gasteiger charge is -2.38. The van der Waals surface area contributed by atoms with E-state index in [0.29, 0.717) is 19.8 Å². The Morgan fingerprint density at radius 2 is 1.74 bits per heavy atom. The highest BCUT2D eigenvalue weighted by Gasteiger charge is 2.40. The number of rotatable bonds is 10. The van der Waals surface area contributed by atoms with Crippen molar-refractivity contribution in [2.45, 2.75) is 52.1 Å². The monoisotopic (exact) mass is 464 g/mol. The van der Waals surface area contributed by atoms with Gasteiger partial charge in [0.05, 0.1) is 30.0 Å². The van der Waals surface area contributed by atoms with Crippen LogP contribution in [0.25, 0.3) is 11.0 Å². The fraction of sp³-hybridized carbons (Fsp3) is 0.423. The molecule has 2 aromatic carbocycles. The first-order valence-corrected chi connectivity index (χ1v) is 11.8. The number of para-hydroxylation sites is 2. The van der Waals surface area contributed by atoms with Gasteiger partial charge in [0.1, 0.15) is 11.9 Å². The Morgan fingerprint density at radius 1 is 1.06 bits per heavy atom. The maximum Gasteiger partial charge on any atom is 0.247 e. The van der Waals surface area contributed by atoms with Gasteiger partial charge >= 0.3 is 0 Å². The molecule has 0 saturated heterocycles. The van der Waals surface area contributed by atoms with Gasteiger partial charge in [-0.2, -0.15) is 0 Å². The van der Waals surface area contributed by atoms with Gasteiger partial charge in [0, 0.05) is 19.8 Å². The first-order chi connectivity index (χ1) is 16.5. The van der Waals surface area contributed by atoms with Crippen molar-refractivity contribution < 1.29 is 19.1 Å². The van der Waals surface area contributed by atoms with E-state index in [1.54, 1.807) is 0 Å². The number of hydrogen-bond acceptors (Lipinski definition) is 5. The van der Waals surface area contributed by atoms with Gasteiger partial charge in [-0.15, -0.1) is 0 Å². The van der Waals surface area contributed by atoms with Crippen molar-refractivity contribution in [3.63, 3.8) is 0 Å². The van der Waals surface area contributed by atoms with E-state index in [2.05, 4.69) is 5.32 Å². The zero-order valence-electron chi connectivity index (χ0n) is 19.9. The van der Waals surface area contributed by atoms with Crippen molar-refractivity contribution in [3.05, 3.63) is 66.0 Å². The van der Waals surface area contributed by atoms with Gasteiger partial charge in [0.15, 0.2) is 6.29 Å². The molecule has 0 radical (unpaired) electrons. The summed E-state index contributed by atoms with van der Waals surface area (Å²) in [6.45, 7) is 7.40. The standard InChI is InChI=1S/C26H32N4O4/c1-4-33-24(34-5-2)16-27-23(31)15-22-26(32)29(17-19-11-7-6-8-12-19)18(3)25-28-20-13-9-10-14-21(20)30(22)25/h6-14,18,22,24H,4-5,15-17H2,1-3H3,(H,27,31)/t18-,22-/m1/s1. The maximum atomic E-state index is 13.8. The van der Waals surface area contributed by atoms with Crippen LogP contribution in [0.1, 0.15) is 50.7 Å². The summed E-state index contributed by atoms with van der Waals surface area (Å²) < 4.78 is 13.0. The number of carbonyl (C=O) groups is 2. The summed E-state index contributed by atoms with van der Waals surface area (Å²) in [6.07, 6.45) is -0.505. The molecule has 0 spiro atoms. The molecule has 1 N–H and O–H groups in total. The minimum atomic E-state index is -0.681. The van der Waals surface area contributed by atoms with Crippen molar-refractivity contribution in [2.75, 3.05) is 19.8 Å². The normalized spacial score (nSPS) is 17.9. The molecule has 1 aliphatic heterocycles. The van der Waals surface area contributed by atoms with Gasteiger partial charge in [-0.05, 0) is 38.5 Å². The molecule has 8 nitrogen and oxygen atoms in total. The highest BCUT2D eigenvalue weighted by atomic mass is 16.7. The second-order valence-electron chi connectivity index (χ2n) is 8.32. The van der Waals surface area contributed by atoms with Gasteiger partial charge in [0.2, 0.25) is 11.8 Å².